The van der Waals surface area contributed by atoms with Crippen LogP contribution in [0.15, 0.2) is 42.5 Å². The molecule has 0 bridgehead atoms. The predicted octanol–water partition coefficient (Wildman–Crippen LogP) is 4.19. The van der Waals surface area contributed by atoms with E-state index in [0.29, 0.717) is 6.54 Å². The molecular weight excluding hydrogens is 376 g/mol. The maximum atomic E-state index is 13.4. The Hall–Kier alpha value is -2.82. The van der Waals surface area contributed by atoms with E-state index < -0.39 is 6.04 Å². The average molecular weight is 411 g/mol. The quantitative estimate of drug-likeness (QED) is 0.674. The highest BCUT2D eigenvalue weighted by molar-refractivity contribution is 5.88. The highest BCUT2D eigenvalue weighted by Crippen LogP contribution is 2.18. The monoisotopic (exact) mass is 410 g/mol. The zero-order valence-corrected chi connectivity index (χ0v) is 19.0. The molecule has 2 aromatic rings. The molecule has 0 aliphatic heterocycles. The molecule has 2 rings (SSSR count). The van der Waals surface area contributed by atoms with Crippen LogP contribution in [0.25, 0.3) is 0 Å². The van der Waals surface area contributed by atoms with Gasteiger partial charge in [0.1, 0.15) is 11.8 Å². The second kappa shape index (κ2) is 10.8. The second-order valence-electron chi connectivity index (χ2n) is 7.97. The zero-order valence-electron chi connectivity index (χ0n) is 19.0. The molecule has 5 heteroatoms. The summed E-state index contributed by atoms with van der Waals surface area (Å²) < 4.78 is 5.31. The maximum Gasteiger partial charge on any atom is 0.242 e. The van der Waals surface area contributed by atoms with E-state index in [0.717, 1.165) is 34.4 Å². The number of methoxy groups -OCH3 is 1. The number of nitrogens with one attached hydrogen (secondary N) is 1. The second-order valence-corrected chi connectivity index (χ2v) is 7.97. The normalized spacial score (nSPS) is 12.7. The minimum Gasteiger partial charge on any atom is -0.497 e. The topological polar surface area (TPSA) is 58.6 Å². The fraction of sp³-hybridized carbons (Fsp3) is 0.440. The Morgan fingerprint density at radius 1 is 1.10 bits per heavy atom. The molecule has 0 aliphatic rings. The Morgan fingerprint density at radius 2 is 1.83 bits per heavy atom. The van der Waals surface area contributed by atoms with Gasteiger partial charge < -0.3 is 15.0 Å². The molecule has 2 atom stereocenters. The van der Waals surface area contributed by atoms with Crippen molar-refractivity contribution in [3.63, 3.8) is 0 Å². The number of hydrogen-bond donors (Lipinski definition) is 1. The number of carbonyl (C=O) groups is 2. The van der Waals surface area contributed by atoms with Crippen LogP contribution in [0.1, 0.15) is 49.4 Å². The highest BCUT2D eigenvalue weighted by Gasteiger charge is 2.27. The first-order valence-corrected chi connectivity index (χ1v) is 10.5. The molecule has 2 amide bonds. The lowest BCUT2D eigenvalue weighted by atomic mass is 10.0. The van der Waals surface area contributed by atoms with Crippen LogP contribution in [0, 0.1) is 13.8 Å². The number of ether oxygens (including phenoxy) is 1. The molecular formula is C25H34N2O3. The van der Waals surface area contributed by atoms with Crippen molar-refractivity contribution >= 4 is 11.8 Å². The number of aryl methyl sites for hydroxylation is 2. The summed E-state index contributed by atoms with van der Waals surface area (Å²) >= 11 is 0. The van der Waals surface area contributed by atoms with E-state index in [4.69, 9.17) is 4.74 Å². The van der Waals surface area contributed by atoms with Gasteiger partial charge in [0.25, 0.3) is 0 Å². The molecule has 2 unspecified atom stereocenters. The summed E-state index contributed by atoms with van der Waals surface area (Å²) in [5.41, 5.74) is 4.11. The average Bonchev–Trinajstić information content (AvgIpc) is 2.73. The third-order valence-corrected chi connectivity index (χ3v) is 5.50. The number of carbonyl (C=O) groups excluding carboxylic acids is 2. The van der Waals surface area contributed by atoms with E-state index in [9.17, 15) is 9.59 Å². The molecule has 0 radical (unpaired) electrons. The minimum absolute atomic E-state index is 0.0627. The van der Waals surface area contributed by atoms with Gasteiger partial charge in [-0.25, -0.2) is 0 Å². The molecule has 2 aromatic carbocycles. The Kier molecular flexibility index (Phi) is 8.46. The van der Waals surface area contributed by atoms with Gasteiger partial charge in [0.15, 0.2) is 0 Å². The fourth-order valence-electron chi connectivity index (χ4n) is 3.27. The molecule has 1 N–H and O–H groups in total. The van der Waals surface area contributed by atoms with E-state index in [1.807, 2.05) is 70.2 Å². The van der Waals surface area contributed by atoms with Gasteiger partial charge in [0.05, 0.1) is 13.5 Å². The summed E-state index contributed by atoms with van der Waals surface area (Å²) in [7, 11) is 1.62. The van der Waals surface area contributed by atoms with E-state index in [1.165, 1.54) is 0 Å². The lowest BCUT2D eigenvalue weighted by molar-refractivity contribution is -0.140. The standard InChI is InChI=1S/C25H34N2O3/c1-7-19(4)26-25(29)20(5)27(16-21-9-8-10-23(14-21)30-6)24(28)15-22-13-17(2)11-12-18(22)3/h8-14,19-20H,7,15-16H2,1-6H3,(H,26,29). The summed E-state index contributed by atoms with van der Waals surface area (Å²) in [4.78, 5) is 27.8. The first-order chi connectivity index (χ1) is 14.2. The first kappa shape index (κ1) is 23.5. The maximum absolute atomic E-state index is 13.4. The summed E-state index contributed by atoms with van der Waals surface area (Å²) in [6.45, 7) is 10.1. The van der Waals surface area contributed by atoms with E-state index in [-0.39, 0.29) is 24.3 Å². The molecule has 30 heavy (non-hydrogen) atoms. The third kappa shape index (κ3) is 6.34. The summed E-state index contributed by atoms with van der Waals surface area (Å²) in [5.74, 6) is 0.519. The third-order valence-electron chi connectivity index (χ3n) is 5.50. The number of hydrogen-bond acceptors (Lipinski definition) is 3. The Balaban J connectivity index is 2.29. The smallest absolute Gasteiger partial charge is 0.242 e. The number of amides is 2. The Labute approximate surface area is 180 Å². The Morgan fingerprint density at radius 3 is 2.50 bits per heavy atom. The van der Waals surface area contributed by atoms with Crippen LogP contribution in [-0.4, -0.2) is 35.9 Å². The van der Waals surface area contributed by atoms with Gasteiger partial charge in [-0.2, -0.15) is 0 Å². The summed E-state index contributed by atoms with van der Waals surface area (Å²) in [5, 5.41) is 3.00. The van der Waals surface area contributed by atoms with Crippen molar-refractivity contribution in [1.82, 2.24) is 10.2 Å². The van der Waals surface area contributed by atoms with Gasteiger partial charge >= 0.3 is 0 Å². The van der Waals surface area contributed by atoms with Crippen molar-refractivity contribution in [1.29, 1.82) is 0 Å². The molecule has 0 spiro atoms. The van der Waals surface area contributed by atoms with Gasteiger partial charge in [-0.3, -0.25) is 9.59 Å². The van der Waals surface area contributed by atoms with Gasteiger partial charge in [-0.1, -0.05) is 42.8 Å². The van der Waals surface area contributed by atoms with Crippen LogP contribution in [-0.2, 0) is 22.6 Å². The summed E-state index contributed by atoms with van der Waals surface area (Å²) in [6.07, 6.45) is 1.10. The van der Waals surface area contributed by atoms with Gasteiger partial charge in [0, 0.05) is 12.6 Å². The lowest BCUT2D eigenvalue weighted by Crippen LogP contribution is -2.49. The highest BCUT2D eigenvalue weighted by atomic mass is 16.5. The van der Waals surface area contributed by atoms with Crippen LogP contribution in [0.5, 0.6) is 5.75 Å². The SMILES string of the molecule is CCC(C)NC(=O)C(C)N(Cc1cccc(OC)c1)C(=O)Cc1cc(C)ccc1C. The predicted molar refractivity (Wildman–Crippen MR) is 121 cm³/mol. The first-order valence-electron chi connectivity index (χ1n) is 10.5. The zero-order chi connectivity index (χ0) is 22.3. The molecule has 0 saturated carbocycles. The van der Waals surface area contributed by atoms with E-state index >= 15 is 0 Å². The van der Waals surface area contributed by atoms with Crippen LogP contribution >= 0.6 is 0 Å². The van der Waals surface area contributed by atoms with Crippen LogP contribution in [0.3, 0.4) is 0 Å². The molecule has 0 fully saturated rings. The molecule has 162 valence electrons. The number of rotatable bonds is 9. The fourth-order valence-corrected chi connectivity index (χ4v) is 3.27. The molecule has 0 aromatic heterocycles. The van der Waals surface area contributed by atoms with Gasteiger partial charge in [-0.15, -0.1) is 0 Å². The van der Waals surface area contributed by atoms with Crippen molar-refractivity contribution in [2.45, 2.75) is 66.1 Å². The minimum atomic E-state index is -0.581. The summed E-state index contributed by atoms with van der Waals surface area (Å²) in [6, 6.07) is 13.2. The largest absolute Gasteiger partial charge is 0.497 e. The number of benzene rings is 2. The van der Waals surface area contributed by atoms with Crippen molar-refractivity contribution in [2.75, 3.05) is 7.11 Å². The van der Waals surface area contributed by atoms with Crippen LogP contribution < -0.4 is 10.1 Å². The van der Waals surface area contributed by atoms with Gasteiger partial charge in [-0.05, 0) is 62.9 Å². The molecule has 0 aliphatic carbocycles. The van der Waals surface area contributed by atoms with E-state index in [2.05, 4.69) is 5.32 Å². The molecule has 0 heterocycles. The van der Waals surface area contributed by atoms with E-state index in [1.54, 1.807) is 18.9 Å². The van der Waals surface area contributed by atoms with Crippen molar-refractivity contribution in [2.24, 2.45) is 0 Å². The van der Waals surface area contributed by atoms with Crippen molar-refractivity contribution in [3.8, 4) is 5.75 Å². The van der Waals surface area contributed by atoms with Crippen LogP contribution in [0.2, 0.25) is 0 Å². The number of nitrogens with zero attached hydrogens (tertiary/aromatic N) is 1. The van der Waals surface area contributed by atoms with Crippen LogP contribution in [0.4, 0.5) is 0 Å². The molecule has 5 nitrogen and oxygen atoms in total. The molecule has 0 saturated heterocycles. The Bertz CT molecular complexity index is 878. The van der Waals surface area contributed by atoms with Crippen molar-refractivity contribution in [3.05, 3.63) is 64.7 Å². The van der Waals surface area contributed by atoms with Gasteiger partial charge in [0.2, 0.25) is 11.8 Å². The van der Waals surface area contributed by atoms with Crippen molar-refractivity contribution < 1.29 is 14.3 Å². The lowest BCUT2D eigenvalue weighted by Gasteiger charge is -2.30.